The summed E-state index contributed by atoms with van der Waals surface area (Å²) in [5, 5.41) is 5.69. The molecule has 5 aromatic carbocycles. The van der Waals surface area contributed by atoms with Crippen LogP contribution in [0.15, 0.2) is 139 Å². The van der Waals surface area contributed by atoms with Crippen molar-refractivity contribution in [2.24, 2.45) is 16.5 Å². The Morgan fingerprint density at radius 3 is 2.02 bits per heavy atom. The topological polar surface area (TPSA) is 62.2 Å². The van der Waals surface area contributed by atoms with Gasteiger partial charge in [-0.3, -0.25) is 14.5 Å². The van der Waals surface area contributed by atoms with Crippen LogP contribution in [0.5, 0.6) is 0 Å². The Hall–Kier alpha value is -4.75. The Morgan fingerprint density at radius 2 is 1.34 bits per heavy atom. The van der Waals surface area contributed by atoms with Crippen molar-refractivity contribution in [1.29, 1.82) is 0 Å². The molecule has 8 heteroatoms. The summed E-state index contributed by atoms with van der Waals surface area (Å²) >= 11 is 13.9. The summed E-state index contributed by atoms with van der Waals surface area (Å²) in [4.78, 5) is 43.0. The zero-order valence-electron chi connectivity index (χ0n) is 29.6. The molecule has 2 fully saturated rings. The minimum Gasteiger partial charge on any atom is -0.380 e. The SMILES string of the molecule is CN1C(=O)C2(c3ccccc31)N(C)CC(c1ccccc1)C21CC(Cc2ccccc2)CC2(ON=C(c3c(Cl)cccc3Cl)C2c2ccccc2)C1=O. The van der Waals surface area contributed by atoms with Gasteiger partial charge in [0.05, 0.1) is 21.4 Å². The van der Waals surface area contributed by atoms with Gasteiger partial charge < -0.3 is 9.74 Å². The predicted octanol–water partition coefficient (Wildman–Crippen LogP) is 9.06. The lowest BCUT2D eigenvalue weighted by Crippen LogP contribution is -2.68. The van der Waals surface area contributed by atoms with Crippen LogP contribution >= 0.6 is 23.2 Å². The molecular weight excluding hydrogens is 701 g/mol. The normalized spacial score (nSPS) is 29.2. The van der Waals surface area contributed by atoms with E-state index in [1.807, 2.05) is 93.0 Å². The zero-order chi connectivity index (χ0) is 36.5. The number of carbonyl (C=O) groups excluding carboxylic acids is 2. The lowest BCUT2D eigenvalue weighted by Gasteiger charge is -2.55. The number of halogens is 2. The van der Waals surface area contributed by atoms with Crippen LogP contribution in [0.1, 0.15) is 52.5 Å². The average Bonchev–Trinajstić information content (AvgIpc) is 3.75. The molecule has 4 aliphatic rings. The molecule has 0 aromatic heterocycles. The van der Waals surface area contributed by atoms with Crippen molar-refractivity contribution in [3.63, 3.8) is 0 Å². The fourth-order valence-corrected chi connectivity index (χ4v) is 11.2. The molecule has 3 heterocycles. The van der Waals surface area contributed by atoms with Crippen molar-refractivity contribution < 1.29 is 14.4 Å². The van der Waals surface area contributed by atoms with Crippen molar-refractivity contribution in [2.45, 2.75) is 42.2 Å². The lowest BCUT2D eigenvalue weighted by molar-refractivity contribution is -0.177. The van der Waals surface area contributed by atoms with Gasteiger partial charge in [-0.1, -0.05) is 144 Å². The number of likely N-dealkylation sites (N-methyl/N-ethyl adjacent to an activating group) is 2. The molecule has 1 aliphatic carbocycles. The maximum absolute atomic E-state index is 16.8. The second-order valence-electron chi connectivity index (χ2n) is 15.1. The van der Waals surface area contributed by atoms with Crippen molar-refractivity contribution in [1.82, 2.24) is 4.90 Å². The Morgan fingerprint density at radius 1 is 0.736 bits per heavy atom. The molecular formula is C45H39Cl2N3O3. The van der Waals surface area contributed by atoms with Gasteiger partial charge in [-0.2, -0.15) is 0 Å². The Bertz CT molecular complexity index is 2250. The van der Waals surface area contributed by atoms with E-state index in [-0.39, 0.29) is 23.5 Å². The van der Waals surface area contributed by atoms with E-state index in [0.717, 1.165) is 27.9 Å². The molecule has 6 unspecified atom stereocenters. The number of amides is 1. The highest BCUT2D eigenvalue weighted by atomic mass is 35.5. The molecule has 53 heavy (non-hydrogen) atoms. The molecule has 6 atom stereocenters. The minimum absolute atomic E-state index is 0.0713. The van der Waals surface area contributed by atoms with Gasteiger partial charge >= 0.3 is 0 Å². The summed E-state index contributed by atoms with van der Waals surface area (Å²) in [7, 11) is 3.84. The summed E-state index contributed by atoms with van der Waals surface area (Å²) < 4.78 is 0. The third-order valence-corrected chi connectivity index (χ3v) is 13.1. The second-order valence-corrected chi connectivity index (χ2v) is 15.9. The predicted molar refractivity (Wildman–Crippen MR) is 210 cm³/mol. The number of fused-ring (bicyclic) bond motifs is 3. The van der Waals surface area contributed by atoms with Crippen LogP contribution in [0.25, 0.3) is 0 Å². The van der Waals surface area contributed by atoms with Gasteiger partial charge in [-0.25, -0.2) is 0 Å². The Labute approximate surface area is 320 Å². The van der Waals surface area contributed by atoms with Crippen molar-refractivity contribution >= 4 is 46.3 Å². The maximum atomic E-state index is 16.8. The highest BCUT2D eigenvalue weighted by molar-refractivity contribution is 6.41. The van der Waals surface area contributed by atoms with E-state index >= 15 is 9.59 Å². The molecule has 1 saturated heterocycles. The van der Waals surface area contributed by atoms with Gasteiger partial charge in [0.25, 0.3) is 5.91 Å². The first-order valence-corrected chi connectivity index (χ1v) is 19.0. The number of rotatable bonds is 5. The number of Topliss-reactive ketones (excluding diaryl/α,β-unsaturated/α-hetero) is 1. The fourth-order valence-electron chi connectivity index (χ4n) is 10.6. The first-order valence-electron chi connectivity index (χ1n) is 18.2. The molecule has 0 radical (unpaired) electrons. The fraction of sp³-hybridized carbons (Fsp3) is 0.267. The number of nitrogens with zero attached hydrogens (tertiary/aromatic N) is 3. The van der Waals surface area contributed by atoms with Crippen molar-refractivity contribution in [3.8, 4) is 0 Å². The zero-order valence-corrected chi connectivity index (χ0v) is 31.1. The number of benzene rings is 5. The number of hydrogen-bond acceptors (Lipinski definition) is 5. The van der Waals surface area contributed by atoms with Gasteiger partial charge in [0, 0.05) is 42.7 Å². The van der Waals surface area contributed by atoms with E-state index in [2.05, 4.69) is 41.3 Å². The number of hydrogen-bond donors (Lipinski definition) is 0. The van der Waals surface area contributed by atoms with E-state index < -0.39 is 22.5 Å². The highest BCUT2D eigenvalue weighted by Crippen LogP contribution is 2.70. The van der Waals surface area contributed by atoms with Crippen LogP contribution in [0.2, 0.25) is 10.0 Å². The number of likely N-dealkylation sites (tertiary alicyclic amines) is 1. The summed E-state index contributed by atoms with van der Waals surface area (Å²) in [5.41, 5.74) is 1.72. The van der Waals surface area contributed by atoms with Gasteiger partial charge in [0.1, 0.15) is 11.3 Å². The first kappa shape index (κ1) is 34.0. The standard InChI is InChI=1S/C45H39Cl2N3O3/c1-49-28-34(31-17-8-4-9-18-31)43(45(49)33-21-12-13-24-37(33)50(2)42(45)52)26-30(25-29-15-6-3-7-16-29)27-44(41(43)51)39(32-19-10-5-11-20-32)40(48-53-44)38-35(46)22-14-23-36(38)47/h3-24,30,34,39H,25-28H2,1-2H3. The quantitative estimate of drug-likeness (QED) is 0.181. The van der Waals surface area contributed by atoms with E-state index in [0.29, 0.717) is 47.1 Å². The first-order chi connectivity index (χ1) is 25.7. The minimum atomic E-state index is -1.49. The number of carbonyl (C=O) groups is 2. The van der Waals surface area contributed by atoms with E-state index in [1.165, 1.54) is 0 Å². The summed E-state index contributed by atoms with van der Waals surface area (Å²) in [6, 6.07) is 44.0. The number of ketones is 1. The van der Waals surface area contributed by atoms with Gasteiger partial charge in [-0.15, -0.1) is 0 Å². The van der Waals surface area contributed by atoms with Crippen LogP contribution in [0.3, 0.4) is 0 Å². The van der Waals surface area contributed by atoms with Crippen LogP contribution in [-0.4, -0.2) is 48.5 Å². The largest absolute Gasteiger partial charge is 0.380 e. The molecule has 266 valence electrons. The molecule has 5 aromatic rings. The smallest absolute Gasteiger partial charge is 0.253 e. The molecule has 3 spiro atoms. The third-order valence-electron chi connectivity index (χ3n) is 12.5. The van der Waals surface area contributed by atoms with Gasteiger partial charge in [0.15, 0.2) is 5.78 Å². The number of para-hydroxylation sites is 1. The third kappa shape index (κ3) is 4.71. The lowest BCUT2D eigenvalue weighted by atomic mass is 9.47. The van der Waals surface area contributed by atoms with Crippen LogP contribution in [0.4, 0.5) is 5.69 Å². The Kier molecular flexibility index (Phi) is 8.15. The van der Waals surface area contributed by atoms with E-state index in [4.69, 9.17) is 33.2 Å². The van der Waals surface area contributed by atoms with Crippen molar-refractivity contribution in [2.75, 3.05) is 25.5 Å². The van der Waals surface area contributed by atoms with Crippen molar-refractivity contribution in [3.05, 3.63) is 171 Å². The molecule has 0 N–H and O–H groups in total. The molecule has 6 nitrogen and oxygen atoms in total. The molecule has 0 bridgehead atoms. The van der Waals surface area contributed by atoms with Crippen LogP contribution in [0, 0.1) is 11.3 Å². The molecule has 1 saturated carbocycles. The Balaban J connectivity index is 1.35. The molecule has 1 amide bonds. The number of oxime groups is 1. The number of anilines is 1. The molecule has 3 aliphatic heterocycles. The van der Waals surface area contributed by atoms with Gasteiger partial charge in [-0.05, 0) is 60.7 Å². The molecule has 9 rings (SSSR count). The van der Waals surface area contributed by atoms with Gasteiger partial charge in [0.2, 0.25) is 5.60 Å². The van der Waals surface area contributed by atoms with E-state index in [9.17, 15) is 0 Å². The second kappa shape index (κ2) is 12.7. The summed E-state index contributed by atoms with van der Waals surface area (Å²) in [6.45, 7) is 0.498. The van der Waals surface area contributed by atoms with Crippen LogP contribution in [-0.2, 0) is 26.4 Å². The van der Waals surface area contributed by atoms with E-state index in [1.54, 1.807) is 23.1 Å². The van der Waals surface area contributed by atoms with Crippen LogP contribution < -0.4 is 4.90 Å². The highest BCUT2D eigenvalue weighted by Gasteiger charge is 2.80. The average molecular weight is 741 g/mol. The maximum Gasteiger partial charge on any atom is 0.253 e. The summed E-state index contributed by atoms with van der Waals surface area (Å²) in [6.07, 6.45) is 1.56. The summed E-state index contributed by atoms with van der Waals surface area (Å²) in [5.74, 6) is -1.28. The monoisotopic (exact) mass is 739 g/mol.